The zero-order chi connectivity index (χ0) is 17.8. The predicted octanol–water partition coefficient (Wildman–Crippen LogP) is 2.30. The maximum atomic E-state index is 12.5. The van der Waals surface area contributed by atoms with Crippen molar-refractivity contribution in [1.82, 2.24) is 10.3 Å². The van der Waals surface area contributed by atoms with Gasteiger partial charge in [0.1, 0.15) is 0 Å². The van der Waals surface area contributed by atoms with Gasteiger partial charge in [0.15, 0.2) is 0 Å². The van der Waals surface area contributed by atoms with E-state index in [9.17, 15) is 9.59 Å². The van der Waals surface area contributed by atoms with E-state index < -0.39 is 0 Å². The van der Waals surface area contributed by atoms with Crippen molar-refractivity contribution >= 4 is 28.4 Å². The number of anilines is 1. The Kier molecular flexibility index (Phi) is 4.81. The summed E-state index contributed by atoms with van der Waals surface area (Å²) < 4.78 is 0. The van der Waals surface area contributed by atoms with Gasteiger partial charge >= 0.3 is 0 Å². The Bertz CT molecular complexity index is 930. The number of hydrogen-bond acceptors (Lipinski definition) is 3. The number of amides is 2. The van der Waals surface area contributed by atoms with Gasteiger partial charge in [0, 0.05) is 29.5 Å². The molecular weight excluding hydrogens is 316 g/mol. The summed E-state index contributed by atoms with van der Waals surface area (Å²) in [6, 6.07) is 13.2. The van der Waals surface area contributed by atoms with Gasteiger partial charge in [-0.25, -0.2) is 0 Å². The third-order valence-corrected chi connectivity index (χ3v) is 4.02. The van der Waals surface area contributed by atoms with E-state index in [1.165, 1.54) is 0 Å². The summed E-state index contributed by atoms with van der Waals surface area (Å²) in [5, 5.41) is 6.68. The van der Waals surface area contributed by atoms with Crippen molar-refractivity contribution in [2.45, 2.75) is 13.5 Å². The summed E-state index contributed by atoms with van der Waals surface area (Å²) >= 11 is 0. The van der Waals surface area contributed by atoms with E-state index in [-0.39, 0.29) is 18.4 Å². The number of fused-ring (bicyclic) bond motifs is 1. The first-order chi connectivity index (χ1) is 12.1. The van der Waals surface area contributed by atoms with E-state index in [0.29, 0.717) is 17.8 Å². The molecule has 0 bridgehead atoms. The number of aromatic nitrogens is 1. The lowest BCUT2D eigenvalue weighted by Gasteiger charge is -2.11. The molecule has 0 aliphatic carbocycles. The molecule has 0 radical (unpaired) electrons. The van der Waals surface area contributed by atoms with Gasteiger partial charge in [-0.1, -0.05) is 12.1 Å². The number of carbonyl (C=O) groups excluding carboxylic acids is 2. The molecule has 0 aliphatic heterocycles. The van der Waals surface area contributed by atoms with Gasteiger partial charge in [-0.15, -0.1) is 0 Å². The third-order valence-electron chi connectivity index (χ3n) is 4.02. The molecular formula is C19H20N4O2. The molecule has 6 heteroatoms. The molecule has 3 aromatic rings. The molecule has 0 spiro atoms. The van der Waals surface area contributed by atoms with Gasteiger partial charge in [-0.2, -0.15) is 0 Å². The SMILES string of the molecule is Cc1ccc(NC(=O)CN)cc1C(=O)NCc1ccc2[nH]ccc2c1. The summed E-state index contributed by atoms with van der Waals surface area (Å²) in [6.45, 7) is 2.19. The van der Waals surface area contributed by atoms with Crippen LogP contribution in [0.1, 0.15) is 21.5 Å². The molecule has 2 amide bonds. The van der Waals surface area contributed by atoms with E-state index >= 15 is 0 Å². The molecule has 0 saturated heterocycles. The molecule has 5 N–H and O–H groups in total. The van der Waals surface area contributed by atoms with Crippen molar-refractivity contribution in [2.75, 3.05) is 11.9 Å². The van der Waals surface area contributed by atoms with Crippen LogP contribution in [0, 0.1) is 6.92 Å². The lowest BCUT2D eigenvalue weighted by atomic mass is 10.1. The first-order valence-corrected chi connectivity index (χ1v) is 8.01. The lowest BCUT2D eigenvalue weighted by molar-refractivity contribution is -0.114. The van der Waals surface area contributed by atoms with Gasteiger partial charge in [0.2, 0.25) is 5.91 Å². The Labute approximate surface area is 145 Å². The number of benzene rings is 2. The Morgan fingerprint density at radius 2 is 1.96 bits per heavy atom. The highest BCUT2D eigenvalue weighted by Crippen LogP contribution is 2.17. The number of rotatable bonds is 5. The smallest absolute Gasteiger partial charge is 0.251 e. The first kappa shape index (κ1) is 16.7. The highest BCUT2D eigenvalue weighted by Gasteiger charge is 2.11. The maximum Gasteiger partial charge on any atom is 0.251 e. The van der Waals surface area contributed by atoms with Gasteiger partial charge in [-0.05, 0) is 53.8 Å². The first-order valence-electron chi connectivity index (χ1n) is 8.01. The van der Waals surface area contributed by atoms with E-state index in [0.717, 1.165) is 22.0 Å². The summed E-state index contributed by atoms with van der Waals surface area (Å²) in [6.07, 6.45) is 1.89. The molecule has 0 unspecified atom stereocenters. The molecule has 128 valence electrons. The molecule has 0 saturated carbocycles. The second kappa shape index (κ2) is 7.19. The minimum atomic E-state index is -0.296. The Hall–Kier alpha value is -3.12. The average Bonchev–Trinajstić information content (AvgIpc) is 3.08. The van der Waals surface area contributed by atoms with Crippen LogP contribution >= 0.6 is 0 Å². The highest BCUT2D eigenvalue weighted by molar-refractivity contribution is 5.98. The largest absolute Gasteiger partial charge is 0.361 e. The van der Waals surface area contributed by atoms with Gasteiger partial charge in [-0.3, -0.25) is 9.59 Å². The molecule has 1 aromatic heterocycles. The average molecular weight is 336 g/mol. The van der Waals surface area contributed by atoms with E-state index in [1.807, 2.05) is 37.4 Å². The van der Waals surface area contributed by atoms with Gasteiger partial charge in [0.05, 0.1) is 6.54 Å². The zero-order valence-corrected chi connectivity index (χ0v) is 13.9. The molecule has 6 nitrogen and oxygen atoms in total. The van der Waals surface area contributed by atoms with Crippen molar-refractivity contribution in [1.29, 1.82) is 0 Å². The second-order valence-electron chi connectivity index (χ2n) is 5.86. The van der Waals surface area contributed by atoms with Crippen LogP contribution in [-0.4, -0.2) is 23.3 Å². The summed E-state index contributed by atoms with van der Waals surface area (Å²) in [4.78, 5) is 27.0. The fraction of sp³-hybridized carbons (Fsp3) is 0.158. The summed E-state index contributed by atoms with van der Waals surface area (Å²) in [7, 11) is 0. The molecule has 3 rings (SSSR count). The molecule has 25 heavy (non-hydrogen) atoms. The zero-order valence-electron chi connectivity index (χ0n) is 13.9. The van der Waals surface area contributed by atoms with Crippen molar-refractivity contribution in [2.24, 2.45) is 5.73 Å². The predicted molar refractivity (Wildman–Crippen MR) is 98.3 cm³/mol. The van der Waals surface area contributed by atoms with Crippen LogP contribution in [0.5, 0.6) is 0 Å². The number of hydrogen-bond donors (Lipinski definition) is 4. The van der Waals surface area contributed by atoms with Crippen LogP contribution < -0.4 is 16.4 Å². The Morgan fingerprint density at radius 1 is 1.12 bits per heavy atom. The third kappa shape index (κ3) is 3.87. The monoisotopic (exact) mass is 336 g/mol. The fourth-order valence-corrected chi connectivity index (χ4v) is 2.65. The van der Waals surface area contributed by atoms with Crippen molar-refractivity contribution in [3.63, 3.8) is 0 Å². The van der Waals surface area contributed by atoms with Gasteiger partial charge < -0.3 is 21.4 Å². The van der Waals surface area contributed by atoms with Crippen LogP contribution in [0.2, 0.25) is 0 Å². The number of carbonyl (C=O) groups is 2. The molecule has 0 fully saturated rings. The van der Waals surface area contributed by atoms with Crippen molar-refractivity contribution in [3.05, 3.63) is 65.4 Å². The summed E-state index contributed by atoms with van der Waals surface area (Å²) in [5.41, 5.74) is 9.30. The summed E-state index contributed by atoms with van der Waals surface area (Å²) in [5.74, 6) is -0.481. The Balaban J connectivity index is 1.71. The van der Waals surface area contributed by atoms with Crippen molar-refractivity contribution < 1.29 is 9.59 Å². The minimum Gasteiger partial charge on any atom is -0.361 e. The fourth-order valence-electron chi connectivity index (χ4n) is 2.65. The standard InChI is InChI=1S/C19H20N4O2/c1-12-2-4-15(23-18(24)10-20)9-16(12)19(25)22-11-13-3-5-17-14(8-13)6-7-21-17/h2-9,21H,10-11,20H2,1H3,(H,22,25)(H,23,24). The molecule has 1 heterocycles. The normalized spacial score (nSPS) is 10.6. The quantitative estimate of drug-likeness (QED) is 0.575. The van der Waals surface area contributed by atoms with Gasteiger partial charge in [0.25, 0.3) is 5.91 Å². The van der Waals surface area contributed by atoms with E-state index in [2.05, 4.69) is 15.6 Å². The van der Waals surface area contributed by atoms with Crippen LogP contribution in [0.3, 0.4) is 0 Å². The number of nitrogens with two attached hydrogens (primary N) is 1. The van der Waals surface area contributed by atoms with Crippen molar-refractivity contribution in [3.8, 4) is 0 Å². The minimum absolute atomic E-state index is 0.100. The lowest BCUT2D eigenvalue weighted by Crippen LogP contribution is -2.25. The second-order valence-corrected chi connectivity index (χ2v) is 5.86. The maximum absolute atomic E-state index is 12.5. The number of nitrogens with one attached hydrogen (secondary N) is 3. The van der Waals surface area contributed by atoms with Crippen LogP contribution in [0.25, 0.3) is 10.9 Å². The number of aryl methyl sites for hydroxylation is 1. The number of H-pyrrole nitrogens is 1. The molecule has 2 aromatic carbocycles. The topological polar surface area (TPSA) is 100 Å². The Morgan fingerprint density at radius 3 is 2.76 bits per heavy atom. The van der Waals surface area contributed by atoms with E-state index in [1.54, 1.807) is 18.2 Å². The van der Waals surface area contributed by atoms with Crippen LogP contribution in [-0.2, 0) is 11.3 Å². The van der Waals surface area contributed by atoms with Crippen LogP contribution in [0.15, 0.2) is 48.7 Å². The van der Waals surface area contributed by atoms with Crippen LogP contribution in [0.4, 0.5) is 5.69 Å². The highest BCUT2D eigenvalue weighted by atomic mass is 16.2. The number of aromatic amines is 1. The molecule has 0 atom stereocenters. The van der Waals surface area contributed by atoms with E-state index in [4.69, 9.17) is 5.73 Å². The molecule has 0 aliphatic rings.